The van der Waals surface area contributed by atoms with E-state index in [2.05, 4.69) is 10.6 Å². The molecule has 2 atom stereocenters. The molecule has 1 saturated carbocycles. The average molecular weight is 541 g/mol. The Bertz CT molecular complexity index is 1320. The topological polar surface area (TPSA) is 84.2 Å². The minimum Gasteiger partial charge on any atom is -0.397 e. The van der Waals surface area contributed by atoms with Crippen LogP contribution in [-0.4, -0.2) is 16.1 Å². The highest BCUT2D eigenvalue weighted by atomic mass is 35.5. The van der Waals surface area contributed by atoms with Gasteiger partial charge in [-0.15, -0.1) is 23.2 Å². The molecule has 0 saturated heterocycles. The number of carbonyl (C=O) groups is 2. The van der Waals surface area contributed by atoms with E-state index in [-0.39, 0.29) is 16.4 Å². The summed E-state index contributed by atoms with van der Waals surface area (Å²) in [7, 11) is 0. The first kappa shape index (κ1) is 24.6. The zero-order valence-electron chi connectivity index (χ0n) is 17.6. The summed E-state index contributed by atoms with van der Waals surface area (Å²) < 4.78 is 12.3. The Hall–Kier alpha value is -2.51. The number of amides is 2. The second-order valence-electron chi connectivity index (χ2n) is 8.01. The molecule has 5 nitrogen and oxygen atoms in total. The van der Waals surface area contributed by atoms with E-state index < -0.39 is 28.0 Å². The number of nitrogen functional groups attached to an aromatic ring is 1. The molecular weight excluding hydrogens is 523 g/mol. The van der Waals surface area contributed by atoms with Gasteiger partial charge in [-0.1, -0.05) is 35.3 Å². The van der Waals surface area contributed by atoms with Crippen LogP contribution in [0.3, 0.4) is 0 Å². The van der Waals surface area contributed by atoms with Crippen LogP contribution >= 0.6 is 46.4 Å². The molecule has 3 aromatic carbocycles. The van der Waals surface area contributed by atoms with Crippen LogP contribution in [0, 0.1) is 18.7 Å². The number of halogens is 5. The number of hydrogen-bond donors (Lipinski definition) is 3. The number of alkyl halides is 2. The van der Waals surface area contributed by atoms with E-state index in [9.17, 15) is 14.0 Å². The summed E-state index contributed by atoms with van der Waals surface area (Å²) in [4.78, 5) is 25.7. The fourth-order valence-electron chi connectivity index (χ4n) is 3.75. The summed E-state index contributed by atoms with van der Waals surface area (Å²) in [5.74, 6) is -2.55. The summed E-state index contributed by atoms with van der Waals surface area (Å²) in [6.07, 6.45) is 0. The fourth-order valence-corrected chi connectivity index (χ4v) is 4.90. The standard InChI is InChI=1S/C24H18Cl4FN3O2/c1-11-8-12(2-7-18(11)29)20-21(24(20,27)28)23(34)32-13-3-5-16(25)15(9-13)22(33)31-14-4-6-17(26)19(30)10-14/h2-10,20-21H,30H2,1H3,(H,31,33)(H,32,34). The molecule has 34 heavy (non-hydrogen) atoms. The smallest absolute Gasteiger partial charge is 0.257 e. The van der Waals surface area contributed by atoms with Crippen molar-refractivity contribution in [2.45, 2.75) is 17.2 Å². The Balaban J connectivity index is 1.50. The third kappa shape index (κ3) is 4.82. The molecule has 0 heterocycles. The Morgan fingerprint density at radius 1 is 0.941 bits per heavy atom. The van der Waals surface area contributed by atoms with E-state index in [4.69, 9.17) is 52.1 Å². The van der Waals surface area contributed by atoms with Gasteiger partial charge in [0, 0.05) is 17.3 Å². The van der Waals surface area contributed by atoms with E-state index in [1.54, 1.807) is 37.3 Å². The molecule has 176 valence electrons. The summed E-state index contributed by atoms with van der Waals surface area (Å²) in [5, 5.41) is 5.97. The molecule has 0 radical (unpaired) electrons. The van der Waals surface area contributed by atoms with Crippen molar-refractivity contribution in [2.75, 3.05) is 16.4 Å². The summed E-state index contributed by atoms with van der Waals surface area (Å²) in [6, 6.07) is 13.7. The molecule has 1 aliphatic rings. The lowest BCUT2D eigenvalue weighted by atomic mass is 10.1. The van der Waals surface area contributed by atoms with Gasteiger partial charge in [0.15, 0.2) is 0 Å². The molecule has 0 bridgehead atoms. The Labute approximate surface area is 215 Å². The van der Waals surface area contributed by atoms with Gasteiger partial charge < -0.3 is 16.4 Å². The number of aryl methyl sites for hydroxylation is 1. The van der Waals surface area contributed by atoms with Crippen molar-refractivity contribution in [1.82, 2.24) is 0 Å². The Morgan fingerprint density at radius 3 is 2.24 bits per heavy atom. The van der Waals surface area contributed by atoms with Gasteiger partial charge in [0.05, 0.1) is 27.2 Å². The molecule has 10 heteroatoms. The molecule has 4 rings (SSSR count). The highest BCUT2D eigenvalue weighted by Crippen LogP contribution is 2.65. The van der Waals surface area contributed by atoms with Gasteiger partial charge in [0.25, 0.3) is 5.91 Å². The third-order valence-corrected chi connectivity index (χ3v) is 7.22. The lowest BCUT2D eigenvalue weighted by molar-refractivity contribution is -0.117. The van der Waals surface area contributed by atoms with Crippen LogP contribution < -0.4 is 16.4 Å². The predicted molar refractivity (Wildman–Crippen MR) is 136 cm³/mol. The molecule has 1 fully saturated rings. The van der Waals surface area contributed by atoms with Crippen molar-refractivity contribution in [3.63, 3.8) is 0 Å². The maximum Gasteiger partial charge on any atom is 0.257 e. The zero-order valence-corrected chi connectivity index (χ0v) is 20.7. The normalized spacial score (nSPS) is 18.3. The van der Waals surface area contributed by atoms with E-state index in [0.29, 0.717) is 33.2 Å². The average Bonchev–Trinajstić information content (AvgIpc) is 3.36. The first-order valence-electron chi connectivity index (χ1n) is 10.1. The first-order chi connectivity index (χ1) is 16.0. The Morgan fingerprint density at radius 2 is 1.59 bits per heavy atom. The van der Waals surface area contributed by atoms with Crippen molar-refractivity contribution in [3.8, 4) is 0 Å². The number of anilines is 3. The predicted octanol–water partition coefficient (Wildman–Crippen LogP) is 6.80. The van der Waals surface area contributed by atoms with Gasteiger partial charge in [-0.25, -0.2) is 4.39 Å². The van der Waals surface area contributed by atoms with Crippen LogP contribution in [0.5, 0.6) is 0 Å². The highest BCUT2D eigenvalue weighted by Gasteiger charge is 2.67. The Kier molecular flexibility index (Phi) is 6.71. The van der Waals surface area contributed by atoms with E-state index in [0.717, 1.165) is 0 Å². The number of nitrogens with one attached hydrogen (secondary N) is 2. The van der Waals surface area contributed by atoms with Gasteiger partial charge in [0.1, 0.15) is 10.2 Å². The lowest BCUT2D eigenvalue weighted by Crippen LogP contribution is -2.18. The van der Waals surface area contributed by atoms with Gasteiger partial charge in [0.2, 0.25) is 5.91 Å². The van der Waals surface area contributed by atoms with E-state index in [1.807, 2.05) is 0 Å². The van der Waals surface area contributed by atoms with Crippen LogP contribution in [0.4, 0.5) is 21.5 Å². The SMILES string of the molecule is Cc1cc(C2C(C(=O)Nc3ccc(Cl)c(C(=O)Nc4ccc(Cl)c(N)c4)c3)C2(Cl)Cl)ccc1F. The number of carbonyl (C=O) groups excluding carboxylic acids is 2. The summed E-state index contributed by atoms with van der Waals surface area (Å²) in [6.45, 7) is 1.62. The zero-order chi connectivity index (χ0) is 24.8. The minimum atomic E-state index is -1.34. The second-order valence-corrected chi connectivity index (χ2v) is 10.3. The van der Waals surface area contributed by atoms with Crippen molar-refractivity contribution in [2.24, 2.45) is 5.92 Å². The monoisotopic (exact) mass is 539 g/mol. The van der Waals surface area contributed by atoms with Crippen molar-refractivity contribution < 1.29 is 14.0 Å². The summed E-state index contributed by atoms with van der Waals surface area (Å²) in [5.41, 5.74) is 8.09. The minimum absolute atomic E-state index is 0.137. The quantitative estimate of drug-likeness (QED) is 0.246. The number of nitrogens with two attached hydrogens (primary N) is 1. The maximum absolute atomic E-state index is 13.6. The van der Waals surface area contributed by atoms with Crippen LogP contribution in [0.1, 0.15) is 27.4 Å². The highest BCUT2D eigenvalue weighted by molar-refractivity contribution is 6.53. The fraction of sp³-hybridized carbons (Fsp3) is 0.167. The van der Waals surface area contributed by atoms with Crippen molar-refractivity contribution in [1.29, 1.82) is 0 Å². The largest absolute Gasteiger partial charge is 0.397 e. The lowest BCUT2D eigenvalue weighted by Gasteiger charge is -2.11. The molecular formula is C24H18Cl4FN3O2. The van der Waals surface area contributed by atoms with Crippen molar-refractivity contribution >= 4 is 75.3 Å². The molecule has 3 aromatic rings. The molecule has 0 spiro atoms. The first-order valence-corrected chi connectivity index (χ1v) is 11.6. The molecule has 2 amide bonds. The van der Waals surface area contributed by atoms with Crippen molar-refractivity contribution in [3.05, 3.63) is 87.2 Å². The van der Waals surface area contributed by atoms with Gasteiger partial charge in [-0.2, -0.15) is 0 Å². The van der Waals surface area contributed by atoms with Crippen LogP contribution in [-0.2, 0) is 4.79 Å². The number of rotatable bonds is 5. The maximum atomic E-state index is 13.6. The number of hydrogen-bond acceptors (Lipinski definition) is 3. The second kappa shape index (κ2) is 9.27. The molecule has 1 aliphatic carbocycles. The van der Waals surface area contributed by atoms with Crippen LogP contribution in [0.15, 0.2) is 54.6 Å². The van der Waals surface area contributed by atoms with Crippen LogP contribution in [0.2, 0.25) is 10.0 Å². The van der Waals surface area contributed by atoms with Crippen LogP contribution in [0.25, 0.3) is 0 Å². The van der Waals surface area contributed by atoms with E-state index in [1.165, 1.54) is 24.3 Å². The van der Waals surface area contributed by atoms with E-state index >= 15 is 0 Å². The van der Waals surface area contributed by atoms with Gasteiger partial charge in [-0.05, 0) is 60.5 Å². The molecule has 0 aromatic heterocycles. The number of benzene rings is 3. The molecule has 2 unspecified atom stereocenters. The summed E-state index contributed by atoms with van der Waals surface area (Å²) >= 11 is 24.9. The molecule has 0 aliphatic heterocycles. The molecule has 4 N–H and O–H groups in total. The van der Waals surface area contributed by atoms with Gasteiger partial charge >= 0.3 is 0 Å². The third-order valence-electron chi connectivity index (χ3n) is 5.61. The van der Waals surface area contributed by atoms with Gasteiger partial charge in [-0.3, -0.25) is 9.59 Å².